The van der Waals surface area contributed by atoms with E-state index in [1.165, 1.54) is 0 Å². The molecule has 0 spiro atoms. The zero-order chi connectivity index (χ0) is 24.2. The number of hydrogen-bond donors (Lipinski definition) is 3. The van der Waals surface area contributed by atoms with Gasteiger partial charge in [0.2, 0.25) is 5.91 Å². The molecule has 2 aromatic carbocycles. The van der Waals surface area contributed by atoms with Crippen LogP contribution in [0.2, 0.25) is 0 Å². The molecule has 0 aromatic heterocycles. The highest BCUT2D eigenvalue weighted by Crippen LogP contribution is 2.33. The molecule has 1 heterocycles. The van der Waals surface area contributed by atoms with Gasteiger partial charge in [-0.1, -0.05) is 37.1 Å². The van der Waals surface area contributed by atoms with Crippen molar-refractivity contribution in [2.45, 2.75) is 63.6 Å². The maximum absolute atomic E-state index is 13.0. The zero-order valence-corrected chi connectivity index (χ0v) is 19.6. The smallest absolute Gasteiger partial charge is 0.253 e. The molecule has 0 aliphatic carbocycles. The van der Waals surface area contributed by atoms with Crippen molar-refractivity contribution < 1.29 is 29.0 Å². The molecule has 2 atom stereocenters. The Morgan fingerprint density at radius 3 is 2.68 bits per heavy atom. The summed E-state index contributed by atoms with van der Waals surface area (Å²) in [5.74, 6) is 0.807. The Morgan fingerprint density at radius 2 is 1.91 bits per heavy atom. The molecule has 0 saturated heterocycles. The van der Waals surface area contributed by atoms with Gasteiger partial charge in [-0.25, -0.2) is 5.48 Å². The van der Waals surface area contributed by atoms with E-state index in [2.05, 4.69) is 5.32 Å². The van der Waals surface area contributed by atoms with Gasteiger partial charge in [0.05, 0.1) is 12.8 Å². The summed E-state index contributed by atoms with van der Waals surface area (Å²) in [6.45, 7) is 0.488. The Balaban J connectivity index is 1.68. The monoisotopic (exact) mass is 470 g/mol. The second-order valence-electron chi connectivity index (χ2n) is 8.35. The van der Waals surface area contributed by atoms with Gasteiger partial charge in [-0.2, -0.15) is 0 Å². The first-order chi connectivity index (χ1) is 16.6. The summed E-state index contributed by atoms with van der Waals surface area (Å²) in [6, 6.07) is 15.3. The van der Waals surface area contributed by atoms with Gasteiger partial charge in [0.15, 0.2) is 0 Å². The molecule has 3 rings (SSSR count). The number of rotatable bonds is 8. The number of methoxy groups -OCH3 is 1. The van der Waals surface area contributed by atoms with Crippen LogP contribution in [0.4, 0.5) is 5.69 Å². The van der Waals surface area contributed by atoms with Crippen LogP contribution in [-0.2, 0) is 14.3 Å². The number of carbonyl (C=O) groups excluding carboxylic acids is 2. The van der Waals surface area contributed by atoms with E-state index in [9.17, 15) is 9.59 Å². The summed E-state index contributed by atoms with van der Waals surface area (Å²) in [4.78, 5) is 24.2. The maximum Gasteiger partial charge on any atom is 0.253 e. The molecule has 0 fully saturated rings. The van der Waals surface area contributed by atoms with E-state index in [-0.39, 0.29) is 18.4 Å². The van der Waals surface area contributed by atoms with Crippen molar-refractivity contribution in [2.75, 3.05) is 19.0 Å². The fourth-order valence-corrected chi connectivity index (χ4v) is 3.95. The number of hydrogen-bond acceptors (Lipinski definition) is 6. The molecule has 0 radical (unpaired) electrons. The van der Waals surface area contributed by atoms with Gasteiger partial charge >= 0.3 is 0 Å². The van der Waals surface area contributed by atoms with Crippen LogP contribution in [-0.4, -0.2) is 36.8 Å². The van der Waals surface area contributed by atoms with Crippen molar-refractivity contribution in [3.05, 3.63) is 54.1 Å². The molecule has 8 nitrogen and oxygen atoms in total. The number of ether oxygens (including phenoxy) is 3. The third-order valence-electron chi connectivity index (χ3n) is 5.87. The van der Waals surface area contributed by atoms with Crippen LogP contribution >= 0.6 is 0 Å². The van der Waals surface area contributed by atoms with Gasteiger partial charge in [0, 0.05) is 13.0 Å². The van der Waals surface area contributed by atoms with Crippen molar-refractivity contribution in [1.29, 1.82) is 0 Å². The number of hydroxylamine groups is 1. The van der Waals surface area contributed by atoms with Gasteiger partial charge in [-0.05, 0) is 61.9 Å². The Hall–Kier alpha value is -3.10. The van der Waals surface area contributed by atoms with Crippen molar-refractivity contribution in [1.82, 2.24) is 5.48 Å². The standard InChI is InChI=1S/C26H34N2O6/c1-32-20-16-14-19(15-17-20)22-10-7-8-18-33-24(12-3-2-4-13-25(29)28-31)26(30)27-21-9-5-6-11-23(21)34-22/h5-6,9,11,14-17,22,24,31H,2-4,7-8,10,12-13,18H2,1H3,(H,27,30)(H,28,29). The number of fused-ring (bicyclic) bond motifs is 1. The normalized spacial score (nSPS) is 18.9. The molecule has 1 aliphatic rings. The zero-order valence-electron chi connectivity index (χ0n) is 19.6. The van der Waals surface area contributed by atoms with Gasteiger partial charge < -0.3 is 19.5 Å². The highest BCUT2D eigenvalue weighted by atomic mass is 16.5. The quantitative estimate of drug-likeness (QED) is 0.291. The lowest BCUT2D eigenvalue weighted by molar-refractivity contribution is -0.129. The lowest BCUT2D eigenvalue weighted by Crippen LogP contribution is -2.31. The number of benzene rings is 2. The van der Waals surface area contributed by atoms with E-state index in [1.807, 2.05) is 48.5 Å². The van der Waals surface area contributed by atoms with Crippen LogP contribution in [0.15, 0.2) is 48.5 Å². The molecular weight excluding hydrogens is 436 g/mol. The molecule has 2 aromatic rings. The second-order valence-corrected chi connectivity index (χ2v) is 8.35. The number of anilines is 1. The summed E-state index contributed by atoms with van der Waals surface area (Å²) in [7, 11) is 1.64. The lowest BCUT2D eigenvalue weighted by Gasteiger charge is -2.24. The maximum atomic E-state index is 13.0. The summed E-state index contributed by atoms with van der Waals surface area (Å²) in [5, 5.41) is 11.6. The fraction of sp³-hybridized carbons (Fsp3) is 0.462. The first-order valence-corrected chi connectivity index (χ1v) is 11.9. The summed E-state index contributed by atoms with van der Waals surface area (Å²) in [6.07, 6.45) is 4.77. The third-order valence-corrected chi connectivity index (χ3v) is 5.87. The Labute approximate surface area is 200 Å². The molecule has 1 aliphatic heterocycles. The van der Waals surface area contributed by atoms with Crippen LogP contribution in [0.25, 0.3) is 0 Å². The van der Waals surface area contributed by atoms with Crippen LogP contribution in [0.1, 0.15) is 63.0 Å². The van der Waals surface area contributed by atoms with E-state index in [1.54, 1.807) is 12.6 Å². The molecule has 0 bridgehead atoms. The van der Waals surface area contributed by atoms with Crippen molar-refractivity contribution >= 4 is 17.5 Å². The second kappa shape index (κ2) is 13.6. The number of para-hydroxylation sites is 2. The Kier molecular flexibility index (Phi) is 10.2. The van der Waals surface area contributed by atoms with Crippen LogP contribution in [0.3, 0.4) is 0 Å². The van der Waals surface area contributed by atoms with Crippen molar-refractivity contribution in [3.8, 4) is 11.5 Å². The van der Waals surface area contributed by atoms with Gasteiger partial charge in [-0.3, -0.25) is 14.8 Å². The molecule has 2 unspecified atom stereocenters. The minimum absolute atomic E-state index is 0.157. The number of unbranched alkanes of at least 4 members (excludes halogenated alkanes) is 2. The number of carbonyl (C=O) groups is 2. The number of amides is 2. The van der Waals surface area contributed by atoms with E-state index in [0.717, 1.165) is 43.4 Å². The predicted octanol–water partition coefficient (Wildman–Crippen LogP) is 4.78. The lowest BCUT2D eigenvalue weighted by atomic mass is 10.0. The minimum Gasteiger partial charge on any atom is -0.497 e. The largest absolute Gasteiger partial charge is 0.497 e. The predicted molar refractivity (Wildman–Crippen MR) is 128 cm³/mol. The van der Waals surface area contributed by atoms with E-state index >= 15 is 0 Å². The van der Waals surface area contributed by atoms with Crippen LogP contribution < -0.4 is 20.3 Å². The summed E-state index contributed by atoms with van der Waals surface area (Å²) >= 11 is 0. The Morgan fingerprint density at radius 1 is 1.12 bits per heavy atom. The van der Waals surface area contributed by atoms with Crippen LogP contribution in [0, 0.1) is 0 Å². The summed E-state index contributed by atoms with van der Waals surface area (Å²) < 4.78 is 17.6. The van der Waals surface area contributed by atoms with E-state index in [0.29, 0.717) is 30.9 Å². The van der Waals surface area contributed by atoms with E-state index in [4.69, 9.17) is 19.4 Å². The highest BCUT2D eigenvalue weighted by molar-refractivity contribution is 5.95. The first-order valence-electron chi connectivity index (χ1n) is 11.9. The topological polar surface area (TPSA) is 106 Å². The molecule has 34 heavy (non-hydrogen) atoms. The average Bonchev–Trinajstić information content (AvgIpc) is 2.86. The highest BCUT2D eigenvalue weighted by Gasteiger charge is 2.23. The molecule has 2 amide bonds. The molecule has 8 heteroatoms. The SMILES string of the molecule is COc1ccc(C2CCCCOC(CCCCCC(=O)NO)C(=O)Nc3ccccc3O2)cc1. The minimum atomic E-state index is -0.573. The fourth-order valence-electron chi connectivity index (χ4n) is 3.95. The molecule has 184 valence electrons. The van der Waals surface area contributed by atoms with E-state index < -0.39 is 12.0 Å². The van der Waals surface area contributed by atoms with Gasteiger partial charge in [0.25, 0.3) is 5.91 Å². The van der Waals surface area contributed by atoms with Crippen molar-refractivity contribution in [2.24, 2.45) is 0 Å². The molecule has 3 N–H and O–H groups in total. The molecular formula is C26H34N2O6. The Bertz CT molecular complexity index is 918. The van der Waals surface area contributed by atoms with Crippen LogP contribution in [0.5, 0.6) is 11.5 Å². The first kappa shape index (κ1) is 25.5. The summed E-state index contributed by atoms with van der Waals surface area (Å²) in [5.41, 5.74) is 3.29. The van der Waals surface area contributed by atoms with Crippen molar-refractivity contribution in [3.63, 3.8) is 0 Å². The average molecular weight is 471 g/mol. The molecule has 0 saturated carbocycles. The van der Waals surface area contributed by atoms with Gasteiger partial charge in [-0.15, -0.1) is 0 Å². The number of nitrogens with one attached hydrogen (secondary N) is 2. The third kappa shape index (κ3) is 7.74. The van der Waals surface area contributed by atoms with Gasteiger partial charge in [0.1, 0.15) is 23.7 Å².